The molecule has 0 atom stereocenters. The minimum absolute atomic E-state index is 0.187. The Kier molecular flexibility index (Phi) is 13.5. The zero-order valence-electron chi connectivity index (χ0n) is 15.9. The van der Waals surface area contributed by atoms with Crippen LogP contribution in [0.3, 0.4) is 0 Å². The zero-order chi connectivity index (χ0) is 18.0. The van der Waals surface area contributed by atoms with Gasteiger partial charge in [0.1, 0.15) is 0 Å². The summed E-state index contributed by atoms with van der Waals surface area (Å²) < 4.78 is 0. The number of hydrogen-bond donors (Lipinski definition) is 1. The maximum absolute atomic E-state index is 11.7. The number of amides is 1. The van der Waals surface area contributed by atoms with Crippen LogP contribution in [-0.4, -0.2) is 17.1 Å². The summed E-state index contributed by atoms with van der Waals surface area (Å²) in [5, 5.41) is 3.99. The van der Waals surface area contributed by atoms with Crippen LogP contribution in [0.2, 0.25) is 0 Å². The number of carbonyl (C=O) groups is 1. The van der Waals surface area contributed by atoms with Gasteiger partial charge in [-0.25, -0.2) is 5.43 Å². The van der Waals surface area contributed by atoms with E-state index in [1.807, 2.05) is 0 Å². The Balaban J connectivity index is 1.85. The van der Waals surface area contributed by atoms with E-state index >= 15 is 0 Å². The first kappa shape index (κ1) is 21.3. The van der Waals surface area contributed by atoms with Gasteiger partial charge in [-0.2, -0.15) is 5.10 Å². The molecule has 0 aliphatic heterocycles. The smallest absolute Gasteiger partial charge is 0.267 e. The van der Waals surface area contributed by atoms with Crippen molar-refractivity contribution in [1.29, 1.82) is 0 Å². The molecule has 1 aromatic rings. The maximum atomic E-state index is 11.7. The van der Waals surface area contributed by atoms with Gasteiger partial charge in [-0.05, 0) is 25.0 Å². The molecule has 0 aromatic carbocycles. The van der Waals surface area contributed by atoms with Gasteiger partial charge in [0.05, 0.1) is 0 Å². The molecule has 0 bridgehead atoms. The summed E-state index contributed by atoms with van der Waals surface area (Å²) in [6.07, 6.45) is 22.2. The quantitative estimate of drug-likeness (QED) is 0.245. The molecule has 0 aliphatic rings. The Morgan fingerprint density at radius 3 is 2.00 bits per heavy atom. The standard InChI is InChI=1S/C21H35N3O/c1-2-3-4-5-6-7-8-9-10-11-12-13-14-17-23-24-21(25)20-15-18-22-19-16-20/h15-19H,2-14H2,1H3,(H,24,25)/b23-17+. The van der Waals surface area contributed by atoms with Crippen molar-refractivity contribution in [2.24, 2.45) is 5.10 Å². The molecular weight excluding hydrogens is 310 g/mol. The average Bonchev–Trinajstić information content (AvgIpc) is 2.65. The minimum Gasteiger partial charge on any atom is -0.267 e. The third-order valence-corrected chi connectivity index (χ3v) is 4.39. The molecule has 140 valence electrons. The molecule has 1 amide bonds. The van der Waals surface area contributed by atoms with Gasteiger partial charge in [0.2, 0.25) is 0 Å². The Bertz CT molecular complexity index is 459. The molecule has 1 heterocycles. The predicted molar refractivity (Wildman–Crippen MR) is 106 cm³/mol. The highest BCUT2D eigenvalue weighted by Gasteiger charge is 2.01. The summed E-state index contributed by atoms with van der Waals surface area (Å²) in [5.74, 6) is -0.187. The van der Waals surface area contributed by atoms with Gasteiger partial charge in [0.15, 0.2) is 0 Å². The zero-order valence-corrected chi connectivity index (χ0v) is 15.9. The van der Waals surface area contributed by atoms with E-state index < -0.39 is 0 Å². The van der Waals surface area contributed by atoms with Crippen molar-refractivity contribution in [2.45, 2.75) is 90.4 Å². The largest absolute Gasteiger partial charge is 0.271 e. The number of pyridine rings is 1. The summed E-state index contributed by atoms with van der Waals surface area (Å²) in [7, 11) is 0. The number of hydrogen-bond acceptors (Lipinski definition) is 3. The fourth-order valence-corrected chi connectivity index (χ4v) is 2.81. The Morgan fingerprint density at radius 1 is 0.920 bits per heavy atom. The van der Waals surface area contributed by atoms with Gasteiger partial charge in [-0.15, -0.1) is 0 Å². The van der Waals surface area contributed by atoms with E-state index in [1.54, 1.807) is 30.7 Å². The van der Waals surface area contributed by atoms with Crippen LogP contribution in [0, 0.1) is 0 Å². The molecule has 25 heavy (non-hydrogen) atoms. The molecule has 0 spiro atoms. The van der Waals surface area contributed by atoms with E-state index in [1.165, 1.54) is 70.6 Å². The topological polar surface area (TPSA) is 54.4 Å². The lowest BCUT2D eigenvalue weighted by atomic mass is 10.0. The van der Waals surface area contributed by atoms with Crippen molar-refractivity contribution in [3.63, 3.8) is 0 Å². The van der Waals surface area contributed by atoms with Crippen LogP contribution in [0.4, 0.5) is 0 Å². The molecule has 1 aromatic heterocycles. The number of carbonyl (C=O) groups excluding carboxylic acids is 1. The fourth-order valence-electron chi connectivity index (χ4n) is 2.81. The van der Waals surface area contributed by atoms with Crippen molar-refractivity contribution >= 4 is 12.1 Å². The van der Waals surface area contributed by atoms with Gasteiger partial charge in [-0.1, -0.05) is 77.6 Å². The molecule has 0 fully saturated rings. The monoisotopic (exact) mass is 345 g/mol. The summed E-state index contributed by atoms with van der Waals surface area (Å²) in [6.45, 7) is 2.27. The van der Waals surface area contributed by atoms with Gasteiger partial charge >= 0.3 is 0 Å². The fraction of sp³-hybridized carbons (Fsp3) is 0.667. The van der Waals surface area contributed by atoms with Crippen molar-refractivity contribution < 1.29 is 4.79 Å². The molecule has 0 saturated carbocycles. The normalized spacial score (nSPS) is 11.1. The molecule has 1 rings (SSSR count). The molecule has 0 saturated heterocycles. The second-order valence-corrected chi connectivity index (χ2v) is 6.67. The van der Waals surface area contributed by atoms with Crippen LogP contribution in [0.5, 0.6) is 0 Å². The lowest BCUT2D eigenvalue weighted by molar-refractivity contribution is 0.0955. The van der Waals surface area contributed by atoms with E-state index in [0.29, 0.717) is 5.56 Å². The number of nitrogens with one attached hydrogen (secondary N) is 1. The van der Waals surface area contributed by atoms with E-state index in [0.717, 1.165) is 12.8 Å². The van der Waals surface area contributed by atoms with Crippen molar-refractivity contribution in [3.8, 4) is 0 Å². The number of unbranched alkanes of at least 4 members (excludes halogenated alkanes) is 12. The third kappa shape index (κ3) is 12.3. The van der Waals surface area contributed by atoms with Gasteiger partial charge < -0.3 is 0 Å². The van der Waals surface area contributed by atoms with E-state index in [-0.39, 0.29) is 5.91 Å². The minimum atomic E-state index is -0.187. The number of hydrazone groups is 1. The van der Waals surface area contributed by atoms with Crippen LogP contribution in [0.1, 0.15) is 101 Å². The highest BCUT2D eigenvalue weighted by molar-refractivity contribution is 5.94. The molecule has 1 N–H and O–H groups in total. The van der Waals surface area contributed by atoms with E-state index in [2.05, 4.69) is 22.4 Å². The van der Waals surface area contributed by atoms with E-state index in [4.69, 9.17) is 0 Å². The lowest BCUT2D eigenvalue weighted by Gasteiger charge is -2.02. The molecule has 4 heteroatoms. The van der Waals surface area contributed by atoms with Gasteiger partial charge in [-0.3, -0.25) is 9.78 Å². The highest BCUT2D eigenvalue weighted by Crippen LogP contribution is 2.12. The number of nitrogens with zero attached hydrogens (tertiary/aromatic N) is 2. The summed E-state index contributed by atoms with van der Waals surface area (Å²) in [5.41, 5.74) is 3.13. The third-order valence-electron chi connectivity index (χ3n) is 4.39. The van der Waals surface area contributed by atoms with Crippen molar-refractivity contribution in [1.82, 2.24) is 10.4 Å². The van der Waals surface area contributed by atoms with Gasteiger partial charge in [0.25, 0.3) is 5.91 Å². The maximum Gasteiger partial charge on any atom is 0.271 e. The van der Waals surface area contributed by atoms with Crippen LogP contribution >= 0.6 is 0 Å². The molecular formula is C21H35N3O. The van der Waals surface area contributed by atoms with E-state index in [9.17, 15) is 4.79 Å². The Morgan fingerprint density at radius 2 is 1.44 bits per heavy atom. The SMILES string of the molecule is CCCCCCCCCCCCCC/C=N/NC(=O)c1ccncc1. The van der Waals surface area contributed by atoms with Crippen LogP contribution < -0.4 is 5.43 Å². The van der Waals surface area contributed by atoms with Crippen molar-refractivity contribution in [3.05, 3.63) is 30.1 Å². The predicted octanol–water partition coefficient (Wildman–Crippen LogP) is 5.89. The summed E-state index contributed by atoms with van der Waals surface area (Å²) in [6, 6.07) is 3.35. The first-order valence-corrected chi connectivity index (χ1v) is 10.1. The summed E-state index contributed by atoms with van der Waals surface area (Å²) in [4.78, 5) is 15.6. The lowest BCUT2D eigenvalue weighted by Crippen LogP contribution is -2.17. The second kappa shape index (κ2) is 15.8. The molecule has 0 aliphatic carbocycles. The van der Waals surface area contributed by atoms with Gasteiger partial charge in [0, 0.05) is 24.2 Å². The second-order valence-electron chi connectivity index (χ2n) is 6.67. The molecule has 4 nitrogen and oxygen atoms in total. The number of aromatic nitrogens is 1. The molecule has 0 unspecified atom stereocenters. The average molecular weight is 346 g/mol. The van der Waals surface area contributed by atoms with Crippen LogP contribution in [0.15, 0.2) is 29.6 Å². The highest BCUT2D eigenvalue weighted by atomic mass is 16.2. The Hall–Kier alpha value is -1.71. The first-order chi connectivity index (χ1) is 12.3. The van der Waals surface area contributed by atoms with Crippen molar-refractivity contribution in [2.75, 3.05) is 0 Å². The van der Waals surface area contributed by atoms with Crippen LogP contribution in [-0.2, 0) is 0 Å². The Labute approximate surface area is 153 Å². The molecule has 0 radical (unpaired) electrons. The van der Waals surface area contributed by atoms with Crippen LogP contribution in [0.25, 0.3) is 0 Å². The number of rotatable bonds is 15. The first-order valence-electron chi connectivity index (χ1n) is 10.1. The summed E-state index contributed by atoms with van der Waals surface area (Å²) >= 11 is 0.